The molecule has 0 fully saturated rings. The van der Waals surface area contributed by atoms with Crippen molar-refractivity contribution >= 4 is 0 Å². The molecule has 0 bridgehead atoms. The quantitative estimate of drug-likeness (QED) is 0.581. The molecule has 21 heavy (non-hydrogen) atoms. The number of rotatable bonds is 0. The summed E-state index contributed by atoms with van der Waals surface area (Å²) >= 11 is 0. The molecule has 0 aliphatic heterocycles. The van der Waals surface area contributed by atoms with E-state index in [1.54, 1.807) is 0 Å². The van der Waals surface area contributed by atoms with Crippen LogP contribution in [-0.2, 0) is 11.8 Å². The minimum absolute atomic E-state index is 0.0594. The lowest BCUT2D eigenvalue weighted by Crippen LogP contribution is -2.28. The lowest BCUT2D eigenvalue weighted by molar-refractivity contribution is 0.576. The molecule has 2 aromatic carbocycles. The smallest absolute Gasteiger partial charge is 0.0752 e. The van der Waals surface area contributed by atoms with Crippen molar-refractivity contribution in [3.63, 3.8) is 0 Å². The van der Waals surface area contributed by atoms with Crippen LogP contribution in [0.1, 0.15) is 23.6 Å². The fourth-order valence-corrected chi connectivity index (χ4v) is 4.26. The van der Waals surface area contributed by atoms with Crippen LogP contribution in [0.2, 0.25) is 0 Å². The van der Waals surface area contributed by atoms with E-state index in [9.17, 15) is 0 Å². The van der Waals surface area contributed by atoms with E-state index in [1.165, 1.54) is 39.1 Å². The van der Waals surface area contributed by atoms with E-state index in [0.29, 0.717) is 0 Å². The van der Waals surface area contributed by atoms with Crippen LogP contribution in [0.15, 0.2) is 60.8 Å². The second kappa shape index (κ2) is 3.62. The molecule has 2 aliphatic carbocycles. The summed E-state index contributed by atoms with van der Waals surface area (Å²) in [5.74, 6) is 0. The van der Waals surface area contributed by atoms with E-state index in [2.05, 4.69) is 61.5 Å². The lowest BCUT2D eigenvalue weighted by atomic mass is 9.68. The molecule has 0 spiro atoms. The first kappa shape index (κ1) is 11.3. The molecule has 0 saturated heterocycles. The Labute approximate surface area is 124 Å². The Hall–Kier alpha value is -2.41. The molecule has 1 nitrogen and oxygen atoms in total. The maximum atomic E-state index is 4.71. The third-order valence-electron chi connectivity index (χ3n) is 5.13. The Morgan fingerprint density at radius 3 is 2.52 bits per heavy atom. The van der Waals surface area contributed by atoms with Gasteiger partial charge in [-0.2, -0.15) is 0 Å². The van der Waals surface area contributed by atoms with Crippen molar-refractivity contribution in [1.82, 2.24) is 4.98 Å². The minimum Gasteiger partial charge on any atom is -0.256 e. The van der Waals surface area contributed by atoms with E-state index in [4.69, 9.17) is 4.98 Å². The van der Waals surface area contributed by atoms with Crippen LogP contribution in [0.5, 0.6) is 0 Å². The van der Waals surface area contributed by atoms with Gasteiger partial charge in [0.15, 0.2) is 0 Å². The van der Waals surface area contributed by atoms with Crippen LogP contribution in [0.25, 0.3) is 22.4 Å². The summed E-state index contributed by atoms with van der Waals surface area (Å²) in [5, 5.41) is 0. The SMILES string of the molecule is C[C@]12Cc3ccccc3-c3ccnc(c31)-c1ccccc12. The third kappa shape index (κ3) is 1.25. The van der Waals surface area contributed by atoms with Gasteiger partial charge in [0.05, 0.1) is 5.69 Å². The van der Waals surface area contributed by atoms with Gasteiger partial charge in [-0.1, -0.05) is 55.5 Å². The van der Waals surface area contributed by atoms with Gasteiger partial charge in [0.1, 0.15) is 0 Å². The normalized spacial score (nSPS) is 20.6. The largest absolute Gasteiger partial charge is 0.256 e. The predicted molar refractivity (Wildman–Crippen MR) is 85.3 cm³/mol. The van der Waals surface area contributed by atoms with Crippen molar-refractivity contribution in [3.05, 3.63) is 77.5 Å². The molecular formula is C20H15N. The molecule has 1 heteroatoms. The summed E-state index contributed by atoms with van der Waals surface area (Å²) in [4.78, 5) is 4.71. The van der Waals surface area contributed by atoms with E-state index in [-0.39, 0.29) is 5.41 Å². The molecule has 0 saturated carbocycles. The Kier molecular flexibility index (Phi) is 1.94. The van der Waals surface area contributed by atoms with Gasteiger partial charge in [0.25, 0.3) is 0 Å². The highest BCUT2D eigenvalue weighted by molar-refractivity contribution is 5.89. The molecule has 2 aliphatic rings. The number of benzene rings is 2. The zero-order chi connectivity index (χ0) is 14.0. The molecule has 0 amide bonds. The molecule has 100 valence electrons. The van der Waals surface area contributed by atoms with E-state index in [1.807, 2.05) is 6.20 Å². The first-order valence-corrected chi connectivity index (χ1v) is 7.47. The monoisotopic (exact) mass is 269 g/mol. The van der Waals surface area contributed by atoms with Gasteiger partial charge in [0, 0.05) is 17.2 Å². The minimum atomic E-state index is 0.0594. The summed E-state index contributed by atoms with van der Waals surface area (Å²) in [7, 11) is 0. The topological polar surface area (TPSA) is 12.9 Å². The van der Waals surface area contributed by atoms with Crippen LogP contribution in [-0.4, -0.2) is 4.98 Å². The van der Waals surface area contributed by atoms with Crippen molar-refractivity contribution in [2.45, 2.75) is 18.8 Å². The number of aromatic nitrogens is 1. The number of fused-ring (bicyclic) bond motifs is 5. The molecule has 0 unspecified atom stereocenters. The molecule has 1 atom stereocenters. The zero-order valence-corrected chi connectivity index (χ0v) is 11.9. The van der Waals surface area contributed by atoms with Gasteiger partial charge < -0.3 is 0 Å². The Morgan fingerprint density at radius 1 is 0.857 bits per heavy atom. The summed E-state index contributed by atoms with van der Waals surface area (Å²) < 4.78 is 0. The zero-order valence-electron chi connectivity index (χ0n) is 11.9. The maximum Gasteiger partial charge on any atom is 0.0752 e. The Morgan fingerprint density at radius 2 is 1.62 bits per heavy atom. The van der Waals surface area contributed by atoms with E-state index in [0.717, 1.165) is 6.42 Å². The van der Waals surface area contributed by atoms with Gasteiger partial charge in [-0.15, -0.1) is 0 Å². The predicted octanol–water partition coefficient (Wildman–Crippen LogP) is 4.59. The van der Waals surface area contributed by atoms with Crippen LogP contribution in [0, 0.1) is 0 Å². The Bertz CT molecular complexity index is 894. The van der Waals surface area contributed by atoms with Crippen LogP contribution < -0.4 is 0 Å². The van der Waals surface area contributed by atoms with Gasteiger partial charge in [-0.3, -0.25) is 4.98 Å². The van der Waals surface area contributed by atoms with Crippen LogP contribution in [0.3, 0.4) is 0 Å². The molecule has 1 heterocycles. The summed E-state index contributed by atoms with van der Waals surface area (Å²) in [6.07, 6.45) is 3.02. The maximum absolute atomic E-state index is 4.71. The van der Waals surface area contributed by atoms with Crippen molar-refractivity contribution in [3.8, 4) is 22.4 Å². The first-order chi connectivity index (χ1) is 10.3. The molecule has 0 radical (unpaired) electrons. The fourth-order valence-electron chi connectivity index (χ4n) is 4.26. The lowest BCUT2D eigenvalue weighted by Gasteiger charge is -2.34. The van der Waals surface area contributed by atoms with Crippen molar-refractivity contribution in [2.75, 3.05) is 0 Å². The number of hydrogen-bond donors (Lipinski definition) is 0. The van der Waals surface area contributed by atoms with E-state index < -0.39 is 0 Å². The highest BCUT2D eigenvalue weighted by Crippen LogP contribution is 2.55. The number of pyridine rings is 1. The summed E-state index contributed by atoms with van der Waals surface area (Å²) in [5.41, 5.74) is 9.58. The van der Waals surface area contributed by atoms with Crippen LogP contribution >= 0.6 is 0 Å². The van der Waals surface area contributed by atoms with Crippen LogP contribution in [0.4, 0.5) is 0 Å². The van der Waals surface area contributed by atoms with Gasteiger partial charge in [0.2, 0.25) is 0 Å². The average Bonchev–Trinajstić information content (AvgIpc) is 2.79. The molecule has 0 N–H and O–H groups in total. The number of nitrogens with zero attached hydrogens (tertiary/aromatic N) is 1. The number of hydrogen-bond acceptors (Lipinski definition) is 1. The van der Waals surface area contributed by atoms with Crippen molar-refractivity contribution in [2.24, 2.45) is 0 Å². The molecule has 1 aromatic heterocycles. The summed E-state index contributed by atoms with van der Waals surface area (Å²) in [6, 6.07) is 19.7. The van der Waals surface area contributed by atoms with Crippen molar-refractivity contribution in [1.29, 1.82) is 0 Å². The Balaban J connectivity index is 1.96. The molecule has 5 rings (SSSR count). The standard InChI is InChI=1S/C20H15N/c1-20-12-13-6-2-3-7-14(13)15-10-11-21-19(18(15)20)16-8-4-5-9-17(16)20/h2-11H,12H2,1H3/t20-/m1/s1. The average molecular weight is 269 g/mol. The molecule has 3 aromatic rings. The highest BCUT2D eigenvalue weighted by Gasteiger charge is 2.44. The highest BCUT2D eigenvalue weighted by atomic mass is 14.7. The first-order valence-electron chi connectivity index (χ1n) is 7.47. The fraction of sp³-hybridized carbons (Fsp3) is 0.150. The van der Waals surface area contributed by atoms with Crippen molar-refractivity contribution < 1.29 is 0 Å². The van der Waals surface area contributed by atoms with Gasteiger partial charge in [-0.25, -0.2) is 0 Å². The van der Waals surface area contributed by atoms with Gasteiger partial charge in [-0.05, 0) is 40.3 Å². The second-order valence-electron chi connectivity index (χ2n) is 6.29. The third-order valence-corrected chi connectivity index (χ3v) is 5.13. The summed E-state index contributed by atoms with van der Waals surface area (Å²) in [6.45, 7) is 2.37. The molecular weight excluding hydrogens is 254 g/mol. The van der Waals surface area contributed by atoms with Gasteiger partial charge >= 0.3 is 0 Å². The second-order valence-corrected chi connectivity index (χ2v) is 6.29. The van der Waals surface area contributed by atoms with E-state index >= 15 is 0 Å².